The fourth-order valence-corrected chi connectivity index (χ4v) is 4.89. The summed E-state index contributed by atoms with van der Waals surface area (Å²) in [5.41, 5.74) is 3.87. The number of hydrogen-bond donors (Lipinski definition) is 2. The summed E-state index contributed by atoms with van der Waals surface area (Å²) in [6.07, 6.45) is 8.15. The zero-order chi connectivity index (χ0) is 19.6. The Morgan fingerprint density at radius 3 is 2.43 bits per heavy atom. The molecule has 1 aromatic heterocycles. The number of ether oxygens (including phenoxy) is 1. The molecule has 2 heterocycles. The molecule has 2 N–H and O–H groups in total. The Labute approximate surface area is 165 Å². The Kier molecular flexibility index (Phi) is 5.65. The predicted molar refractivity (Wildman–Crippen MR) is 110 cm³/mol. The van der Waals surface area contributed by atoms with Crippen molar-refractivity contribution in [2.75, 3.05) is 42.8 Å². The van der Waals surface area contributed by atoms with Gasteiger partial charge in [0, 0.05) is 43.3 Å². The lowest BCUT2D eigenvalue weighted by Crippen LogP contribution is -2.39. The first-order chi connectivity index (χ1) is 13.5. The molecule has 0 radical (unpaired) electrons. The normalized spacial score (nSPS) is 23.7. The van der Waals surface area contributed by atoms with E-state index < -0.39 is 10.0 Å². The highest BCUT2D eigenvalue weighted by Crippen LogP contribution is 2.31. The van der Waals surface area contributed by atoms with Crippen LogP contribution < -0.4 is 14.9 Å². The molecule has 8 nitrogen and oxygen atoms in total. The van der Waals surface area contributed by atoms with Crippen LogP contribution in [0, 0.1) is 0 Å². The van der Waals surface area contributed by atoms with E-state index in [4.69, 9.17) is 4.74 Å². The van der Waals surface area contributed by atoms with Crippen LogP contribution in [0.1, 0.15) is 25.7 Å². The van der Waals surface area contributed by atoms with Gasteiger partial charge in [0.1, 0.15) is 5.52 Å². The smallest absolute Gasteiger partial charge is 0.208 e. The first-order valence-electron chi connectivity index (χ1n) is 9.79. The van der Waals surface area contributed by atoms with E-state index in [1.165, 1.54) is 6.26 Å². The lowest BCUT2D eigenvalue weighted by Gasteiger charge is -2.31. The molecule has 1 aliphatic heterocycles. The molecule has 0 atom stereocenters. The minimum Gasteiger partial charge on any atom is -0.380 e. The topological polar surface area (TPSA) is 96.5 Å². The van der Waals surface area contributed by atoms with Crippen LogP contribution in [0.2, 0.25) is 0 Å². The van der Waals surface area contributed by atoms with Gasteiger partial charge < -0.3 is 15.0 Å². The number of anilines is 2. The van der Waals surface area contributed by atoms with E-state index in [0.717, 1.165) is 74.4 Å². The monoisotopic (exact) mass is 405 g/mol. The lowest BCUT2D eigenvalue weighted by molar-refractivity contribution is 0.122. The maximum absolute atomic E-state index is 11.5. The highest BCUT2D eigenvalue weighted by atomic mass is 32.2. The van der Waals surface area contributed by atoms with Gasteiger partial charge in [-0.3, -0.25) is 9.97 Å². The summed E-state index contributed by atoms with van der Waals surface area (Å²) in [6, 6.07) is 4.57. The van der Waals surface area contributed by atoms with Crippen molar-refractivity contribution < 1.29 is 13.2 Å². The van der Waals surface area contributed by atoms with Crippen LogP contribution in [0.5, 0.6) is 0 Å². The lowest BCUT2D eigenvalue weighted by atomic mass is 9.91. The third kappa shape index (κ3) is 4.71. The van der Waals surface area contributed by atoms with Gasteiger partial charge >= 0.3 is 0 Å². The molecule has 2 aliphatic rings. The molecule has 9 heteroatoms. The largest absolute Gasteiger partial charge is 0.380 e. The standard InChI is InChI=1S/C19H27N5O3S/c1-28(25,26)23-15-4-2-14(3-5-15)22-18-13-16(24-8-10-27-11-9-24)12-17-19(18)21-7-6-20-17/h6-7,12-15,22-23H,2-5,8-11H2,1H3. The van der Waals surface area contributed by atoms with Crippen molar-refractivity contribution in [1.82, 2.24) is 14.7 Å². The van der Waals surface area contributed by atoms with Crippen LogP contribution in [-0.2, 0) is 14.8 Å². The number of morpholine rings is 1. The van der Waals surface area contributed by atoms with Gasteiger partial charge in [0.25, 0.3) is 0 Å². The Morgan fingerprint density at radius 1 is 1.04 bits per heavy atom. The van der Waals surface area contributed by atoms with Gasteiger partial charge in [-0.15, -0.1) is 0 Å². The average molecular weight is 406 g/mol. The van der Waals surface area contributed by atoms with Crippen molar-refractivity contribution in [3.8, 4) is 0 Å². The number of aromatic nitrogens is 2. The van der Waals surface area contributed by atoms with Crippen molar-refractivity contribution in [2.45, 2.75) is 37.8 Å². The van der Waals surface area contributed by atoms with Crippen molar-refractivity contribution in [3.05, 3.63) is 24.5 Å². The fourth-order valence-electron chi connectivity index (χ4n) is 4.05. The minimum atomic E-state index is -3.15. The molecule has 0 unspecified atom stereocenters. The molecule has 1 aliphatic carbocycles. The fraction of sp³-hybridized carbons (Fsp3) is 0.579. The first kappa shape index (κ1) is 19.4. The second kappa shape index (κ2) is 8.18. The molecular weight excluding hydrogens is 378 g/mol. The summed E-state index contributed by atoms with van der Waals surface area (Å²) < 4.78 is 31.1. The zero-order valence-corrected chi connectivity index (χ0v) is 16.9. The number of fused-ring (bicyclic) bond motifs is 1. The van der Waals surface area contributed by atoms with E-state index in [9.17, 15) is 8.42 Å². The van der Waals surface area contributed by atoms with Gasteiger partial charge in [-0.05, 0) is 37.8 Å². The average Bonchev–Trinajstić information content (AvgIpc) is 2.69. The molecule has 1 saturated carbocycles. The molecule has 0 amide bonds. The molecule has 4 rings (SSSR count). The van der Waals surface area contributed by atoms with E-state index in [1.54, 1.807) is 12.4 Å². The number of benzene rings is 1. The van der Waals surface area contributed by atoms with Gasteiger partial charge in [-0.2, -0.15) is 0 Å². The van der Waals surface area contributed by atoms with E-state index in [2.05, 4.69) is 37.0 Å². The number of rotatable bonds is 5. The molecule has 0 bridgehead atoms. The molecule has 2 fully saturated rings. The summed E-state index contributed by atoms with van der Waals surface area (Å²) in [4.78, 5) is 11.4. The van der Waals surface area contributed by atoms with Gasteiger partial charge in [0.05, 0.1) is 30.7 Å². The first-order valence-corrected chi connectivity index (χ1v) is 11.7. The minimum absolute atomic E-state index is 0.0317. The number of hydrogen-bond acceptors (Lipinski definition) is 7. The number of nitrogens with one attached hydrogen (secondary N) is 2. The summed E-state index contributed by atoms with van der Waals surface area (Å²) in [7, 11) is -3.15. The summed E-state index contributed by atoms with van der Waals surface area (Å²) in [5.74, 6) is 0. The van der Waals surface area contributed by atoms with Crippen molar-refractivity contribution in [3.63, 3.8) is 0 Å². The van der Waals surface area contributed by atoms with Gasteiger partial charge in [-0.25, -0.2) is 13.1 Å². The quantitative estimate of drug-likeness (QED) is 0.782. The van der Waals surface area contributed by atoms with Crippen LogP contribution in [-0.4, -0.2) is 63.0 Å². The Hall–Kier alpha value is -1.97. The van der Waals surface area contributed by atoms with E-state index >= 15 is 0 Å². The van der Waals surface area contributed by atoms with E-state index in [1.807, 2.05) is 0 Å². The highest BCUT2D eigenvalue weighted by Gasteiger charge is 2.24. The summed E-state index contributed by atoms with van der Waals surface area (Å²) in [5, 5.41) is 3.65. The van der Waals surface area contributed by atoms with Crippen LogP contribution in [0.3, 0.4) is 0 Å². The highest BCUT2D eigenvalue weighted by molar-refractivity contribution is 7.88. The van der Waals surface area contributed by atoms with Crippen LogP contribution in [0.4, 0.5) is 11.4 Å². The van der Waals surface area contributed by atoms with Gasteiger partial charge in [0.15, 0.2) is 0 Å². The maximum atomic E-state index is 11.5. The number of sulfonamides is 1. The second-order valence-electron chi connectivity index (χ2n) is 7.60. The Bertz CT molecular complexity index is 922. The molecule has 2 aromatic rings. The van der Waals surface area contributed by atoms with E-state index in [-0.39, 0.29) is 6.04 Å². The van der Waals surface area contributed by atoms with Crippen molar-refractivity contribution >= 4 is 32.4 Å². The molecule has 1 aromatic carbocycles. The molecule has 0 spiro atoms. The second-order valence-corrected chi connectivity index (χ2v) is 9.38. The van der Waals surface area contributed by atoms with Crippen molar-refractivity contribution in [2.24, 2.45) is 0 Å². The van der Waals surface area contributed by atoms with Gasteiger partial charge in [-0.1, -0.05) is 0 Å². The van der Waals surface area contributed by atoms with Gasteiger partial charge in [0.2, 0.25) is 10.0 Å². The third-order valence-corrected chi connectivity index (χ3v) is 6.16. The molecule has 28 heavy (non-hydrogen) atoms. The molecule has 152 valence electrons. The maximum Gasteiger partial charge on any atom is 0.208 e. The van der Waals surface area contributed by atoms with Crippen molar-refractivity contribution in [1.29, 1.82) is 0 Å². The zero-order valence-electron chi connectivity index (χ0n) is 16.1. The summed E-state index contributed by atoms with van der Waals surface area (Å²) >= 11 is 0. The van der Waals surface area contributed by atoms with Crippen LogP contribution in [0.25, 0.3) is 11.0 Å². The van der Waals surface area contributed by atoms with Crippen LogP contribution in [0.15, 0.2) is 24.5 Å². The predicted octanol–water partition coefficient (Wildman–Crippen LogP) is 1.74. The SMILES string of the molecule is CS(=O)(=O)NC1CCC(Nc2cc(N3CCOCC3)cc3nccnc23)CC1. The number of nitrogens with zero attached hydrogens (tertiary/aromatic N) is 3. The third-order valence-electron chi connectivity index (χ3n) is 5.40. The molecule has 1 saturated heterocycles. The van der Waals surface area contributed by atoms with E-state index in [0.29, 0.717) is 6.04 Å². The summed E-state index contributed by atoms with van der Waals surface area (Å²) in [6.45, 7) is 3.21. The Balaban J connectivity index is 1.51. The molecular formula is C19H27N5O3S. The Morgan fingerprint density at radius 2 is 1.71 bits per heavy atom. The van der Waals surface area contributed by atoms with Crippen LogP contribution >= 0.6 is 0 Å².